The van der Waals surface area contributed by atoms with Crippen molar-refractivity contribution in [1.29, 1.82) is 0 Å². The van der Waals surface area contributed by atoms with Crippen LogP contribution in [-0.4, -0.2) is 21.0 Å². The second-order valence-corrected chi connectivity index (χ2v) is 7.09. The molecule has 24 heavy (non-hydrogen) atoms. The third-order valence-corrected chi connectivity index (χ3v) is 4.64. The molecule has 126 valence electrons. The first kappa shape index (κ1) is 17.1. The van der Waals surface area contributed by atoms with Gasteiger partial charge in [-0.05, 0) is 30.0 Å². The zero-order valence-electron chi connectivity index (χ0n) is 13.0. The number of amides is 1. The van der Waals surface area contributed by atoms with E-state index in [9.17, 15) is 9.18 Å². The van der Waals surface area contributed by atoms with E-state index < -0.39 is 17.0 Å². The van der Waals surface area contributed by atoms with Crippen molar-refractivity contribution in [2.75, 3.05) is 5.32 Å². The van der Waals surface area contributed by atoms with E-state index in [-0.39, 0.29) is 12.3 Å². The van der Waals surface area contributed by atoms with E-state index in [1.807, 2.05) is 18.2 Å². The lowest BCUT2D eigenvalue weighted by atomic mass is 9.96. The minimum atomic E-state index is -1.89. The fraction of sp³-hybridized carbons (Fsp3) is 0.353. The molecule has 0 spiro atoms. The Morgan fingerprint density at radius 3 is 2.92 bits per heavy atom. The Hall–Kier alpha value is -1.72. The van der Waals surface area contributed by atoms with Crippen LogP contribution in [0.5, 0.6) is 0 Å². The molecule has 1 saturated carbocycles. The Kier molecular flexibility index (Phi) is 4.74. The number of nitrogens with one attached hydrogen (secondary N) is 1. The van der Waals surface area contributed by atoms with Crippen LogP contribution in [0.1, 0.15) is 30.5 Å². The van der Waals surface area contributed by atoms with E-state index in [1.54, 1.807) is 12.3 Å². The first-order valence-corrected chi connectivity index (χ1v) is 8.36. The number of rotatable bonds is 5. The molecule has 0 saturated heterocycles. The first-order chi connectivity index (χ1) is 11.3. The van der Waals surface area contributed by atoms with Crippen LogP contribution in [0.3, 0.4) is 0 Å². The number of aromatic nitrogens is 2. The van der Waals surface area contributed by atoms with Gasteiger partial charge in [-0.15, -0.1) is 0 Å². The number of carbonyl (C=O) groups is 1. The van der Waals surface area contributed by atoms with Crippen molar-refractivity contribution in [3.05, 3.63) is 53.1 Å². The topological polar surface area (TPSA) is 54.9 Å². The molecule has 3 rings (SSSR count). The quantitative estimate of drug-likeness (QED) is 0.799. The molecular weight excluding hydrogens is 352 g/mol. The normalized spacial score (nSPS) is 23.6. The predicted molar refractivity (Wildman–Crippen MR) is 92.0 cm³/mol. The van der Waals surface area contributed by atoms with Gasteiger partial charge in [-0.2, -0.15) is 0 Å². The molecule has 1 aliphatic rings. The summed E-state index contributed by atoms with van der Waals surface area (Å²) >= 11 is 11.4. The van der Waals surface area contributed by atoms with Gasteiger partial charge in [-0.25, -0.2) is 9.37 Å². The minimum Gasteiger partial charge on any atom is -0.326 e. The third-order valence-electron chi connectivity index (χ3n) is 4.04. The lowest BCUT2D eigenvalue weighted by Gasteiger charge is -2.13. The monoisotopic (exact) mass is 367 g/mol. The maximum absolute atomic E-state index is 13.4. The average molecular weight is 368 g/mol. The lowest BCUT2D eigenvalue weighted by Crippen LogP contribution is -2.17. The Balaban J connectivity index is 1.67. The Morgan fingerprint density at radius 2 is 2.25 bits per heavy atom. The van der Waals surface area contributed by atoms with Gasteiger partial charge < -0.3 is 5.32 Å². The summed E-state index contributed by atoms with van der Waals surface area (Å²) in [5, 5.41) is 1.19. The Morgan fingerprint density at radius 1 is 1.50 bits per heavy atom. The molecular formula is C17H16Cl2FN3O. The third kappa shape index (κ3) is 4.02. The van der Waals surface area contributed by atoms with Crippen molar-refractivity contribution in [2.24, 2.45) is 5.92 Å². The molecule has 2 aromatic rings. The second-order valence-electron chi connectivity index (χ2n) is 6.07. The number of carbonyl (C=O) groups excluding carboxylic acids is 1. The number of anilines is 1. The van der Waals surface area contributed by atoms with E-state index >= 15 is 0 Å². The molecule has 0 radical (unpaired) electrons. The number of nitrogens with zero attached hydrogens (tertiary/aromatic N) is 2. The van der Waals surface area contributed by atoms with Crippen molar-refractivity contribution in [3.8, 4) is 0 Å². The van der Waals surface area contributed by atoms with E-state index in [1.165, 1.54) is 6.20 Å². The summed E-state index contributed by atoms with van der Waals surface area (Å²) in [6, 6.07) is 7.46. The zero-order valence-corrected chi connectivity index (χ0v) is 14.5. The van der Waals surface area contributed by atoms with Crippen molar-refractivity contribution < 1.29 is 9.18 Å². The maximum atomic E-state index is 13.4. The van der Waals surface area contributed by atoms with Crippen molar-refractivity contribution in [1.82, 2.24) is 9.97 Å². The Labute approximate surface area is 149 Å². The van der Waals surface area contributed by atoms with Crippen molar-refractivity contribution in [2.45, 2.75) is 30.8 Å². The molecule has 1 amide bonds. The number of hydrogen-bond acceptors (Lipinski definition) is 3. The highest BCUT2D eigenvalue weighted by atomic mass is 35.5. The van der Waals surface area contributed by atoms with E-state index in [2.05, 4.69) is 22.2 Å². The molecule has 3 atom stereocenters. The van der Waals surface area contributed by atoms with Gasteiger partial charge in [0.1, 0.15) is 5.15 Å². The summed E-state index contributed by atoms with van der Waals surface area (Å²) in [5.41, 5.74) is 2.45. The lowest BCUT2D eigenvalue weighted by molar-refractivity contribution is -0.117. The van der Waals surface area contributed by atoms with Crippen LogP contribution in [0.25, 0.3) is 0 Å². The molecule has 0 bridgehead atoms. The van der Waals surface area contributed by atoms with Crippen LogP contribution in [0, 0.1) is 5.92 Å². The molecule has 2 unspecified atom stereocenters. The number of benzene rings is 1. The van der Waals surface area contributed by atoms with Crippen LogP contribution >= 0.6 is 23.2 Å². The summed E-state index contributed by atoms with van der Waals surface area (Å²) in [6.45, 7) is 2.05. The summed E-state index contributed by atoms with van der Waals surface area (Å²) in [7, 11) is 0. The largest absolute Gasteiger partial charge is 0.326 e. The van der Waals surface area contributed by atoms with Crippen LogP contribution in [0.2, 0.25) is 5.15 Å². The van der Waals surface area contributed by atoms with Crippen LogP contribution in [0.15, 0.2) is 36.7 Å². The molecule has 1 aromatic heterocycles. The predicted octanol–water partition coefficient (Wildman–Crippen LogP) is 4.34. The van der Waals surface area contributed by atoms with Gasteiger partial charge in [0.25, 0.3) is 0 Å². The second kappa shape index (κ2) is 6.65. The zero-order chi connectivity index (χ0) is 17.3. The van der Waals surface area contributed by atoms with Crippen molar-refractivity contribution >= 4 is 34.8 Å². The molecule has 1 aliphatic carbocycles. The first-order valence-electron chi connectivity index (χ1n) is 7.60. The van der Waals surface area contributed by atoms with E-state index in [0.29, 0.717) is 17.3 Å². The van der Waals surface area contributed by atoms with Crippen LogP contribution in [0.4, 0.5) is 10.1 Å². The smallest absolute Gasteiger partial charge is 0.232 e. The van der Waals surface area contributed by atoms with Crippen LogP contribution < -0.4 is 5.32 Å². The molecule has 0 aliphatic heterocycles. The standard InChI is InChI=1S/C17H16Cl2FN3O/c1-10(5-13-8-21-9-15(18)22-13)11-3-2-4-12(6-11)23-16(24)14-7-17(14,19)20/h2-4,6,8-10,14H,5,7H2,1H3,(H,23,24)/t10-,14?,17?/m1/s1. The average Bonchev–Trinajstić information content (AvgIpc) is 3.16. The van der Waals surface area contributed by atoms with Crippen molar-refractivity contribution in [3.63, 3.8) is 0 Å². The SMILES string of the molecule is C[C@H](Cc1cncc(Cl)n1)c1cccc(NC(=O)C2CC2(F)Cl)c1. The van der Waals surface area contributed by atoms with Gasteiger partial charge in [-0.3, -0.25) is 9.78 Å². The maximum Gasteiger partial charge on any atom is 0.232 e. The fourth-order valence-corrected chi connectivity index (χ4v) is 2.98. The highest BCUT2D eigenvalue weighted by Crippen LogP contribution is 2.51. The van der Waals surface area contributed by atoms with Gasteiger partial charge in [0, 0.05) is 18.3 Å². The summed E-state index contributed by atoms with van der Waals surface area (Å²) < 4.78 is 13.4. The molecule has 1 aromatic carbocycles. The molecule has 1 heterocycles. The highest BCUT2D eigenvalue weighted by molar-refractivity contribution is 6.29. The molecule has 1 N–H and O–H groups in total. The van der Waals surface area contributed by atoms with Crippen LogP contribution in [-0.2, 0) is 11.2 Å². The summed E-state index contributed by atoms with van der Waals surface area (Å²) in [5.74, 6) is -1.01. The van der Waals surface area contributed by atoms with Gasteiger partial charge in [0.15, 0.2) is 5.13 Å². The van der Waals surface area contributed by atoms with E-state index in [0.717, 1.165) is 11.3 Å². The van der Waals surface area contributed by atoms with Gasteiger partial charge in [0.2, 0.25) is 5.91 Å². The minimum absolute atomic E-state index is 0.0594. The number of hydrogen-bond donors (Lipinski definition) is 1. The van der Waals surface area contributed by atoms with E-state index in [4.69, 9.17) is 23.2 Å². The van der Waals surface area contributed by atoms with Gasteiger partial charge >= 0.3 is 0 Å². The highest BCUT2D eigenvalue weighted by Gasteiger charge is 2.58. The molecule has 7 heteroatoms. The van der Waals surface area contributed by atoms with Gasteiger partial charge in [-0.1, -0.05) is 42.3 Å². The molecule has 1 fully saturated rings. The fourth-order valence-electron chi connectivity index (χ4n) is 2.56. The number of halogens is 3. The summed E-state index contributed by atoms with van der Waals surface area (Å²) in [4.78, 5) is 20.2. The van der Waals surface area contributed by atoms with Gasteiger partial charge in [0.05, 0.1) is 17.8 Å². The Bertz CT molecular complexity index is 769. The summed E-state index contributed by atoms with van der Waals surface area (Å²) in [6.07, 6.45) is 3.90. The molecule has 4 nitrogen and oxygen atoms in total. The number of alkyl halides is 2.